The van der Waals surface area contributed by atoms with E-state index < -0.39 is 0 Å². The van der Waals surface area contributed by atoms with Gasteiger partial charge in [0, 0.05) is 19.1 Å². The van der Waals surface area contributed by atoms with Crippen LogP contribution in [-0.2, 0) is 13.1 Å². The lowest BCUT2D eigenvalue weighted by Crippen LogP contribution is -2.35. The molecule has 3 nitrogen and oxygen atoms in total. The van der Waals surface area contributed by atoms with Crippen LogP contribution >= 0.6 is 0 Å². The Bertz CT molecular complexity index is 760. The van der Waals surface area contributed by atoms with Crippen LogP contribution in [0.15, 0.2) is 54.6 Å². The number of imidazole rings is 1. The van der Waals surface area contributed by atoms with Crippen LogP contribution < -0.4 is 0 Å². The number of para-hydroxylation sites is 2. The topological polar surface area (TPSA) is 21.1 Å². The molecule has 3 heteroatoms. The second-order valence-corrected chi connectivity index (χ2v) is 5.73. The van der Waals surface area contributed by atoms with Crippen molar-refractivity contribution >= 4 is 11.0 Å². The smallest absolute Gasteiger partial charge is 0.124 e. The minimum absolute atomic E-state index is 0.430. The SMILES string of the molecule is C[C@@H](c1ccccc1)N1CCn2c(nc3ccccc32)C1. The quantitative estimate of drug-likeness (QED) is 0.713. The minimum atomic E-state index is 0.430. The molecule has 0 aliphatic carbocycles. The van der Waals surface area contributed by atoms with Crippen LogP contribution in [0.5, 0.6) is 0 Å². The number of benzene rings is 2. The highest BCUT2D eigenvalue weighted by molar-refractivity contribution is 5.75. The fourth-order valence-corrected chi connectivity index (χ4v) is 3.26. The van der Waals surface area contributed by atoms with Gasteiger partial charge in [-0.1, -0.05) is 42.5 Å². The van der Waals surface area contributed by atoms with E-state index in [1.807, 2.05) is 0 Å². The molecular formula is C18H19N3. The Morgan fingerprint density at radius 2 is 1.71 bits per heavy atom. The summed E-state index contributed by atoms with van der Waals surface area (Å²) in [5.74, 6) is 1.19. The lowest BCUT2D eigenvalue weighted by molar-refractivity contribution is 0.165. The van der Waals surface area contributed by atoms with E-state index in [1.165, 1.54) is 16.9 Å². The van der Waals surface area contributed by atoms with Crippen LogP contribution in [0.3, 0.4) is 0 Å². The minimum Gasteiger partial charge on any atom is -0.326 e. The summed E-state index contributed by atoms with van der Waals surface area (Å²) in [4.78, 5) is 7.31. The van der Waals surface area contributed by atoms with Gasteiger partial charge in [-0.15, -0.1) is 0 Å². The van der Waals surface area contributed by atoms with Crippen LogP contribution in [0.2, 0.25) is 0 Å². The van der Waals surface area contributed by atoms with Gasteiger partial charge in [0.15, 0.2) is 0 Å². The van der Waals surface area contributed by atoms with E-state index >= 15 is 0 Å². The Morgan fingerprint density at radius 3 is 2.57 bits per heavy atom. The first-order valence-corrected chi connectivity index (χ1v) is 7.56. The summed E-state index contributed by atoms with van der Waals surface area (Å²) in [5, 5.41) is 0. The first kappa shape index (κ1) is 12.6. The largest absolute Gasteiger partial charge is 0.326 e. The summed E-state index contributed by atoms with van der Waals surface area (Å²) < 4.78 is 2.36. The summed E-state index contributed by atoms with van der Waals surface area (Å²) in [5.41, 5.74) is 3.75. The molecule has 0 bridgehead atoms. The highest BCUT2D eigenvalue weighted by atomic mass is 15.3. The second-order valence-electron chi connectivity index (χ2n) is 5.73. The van der Waals surface area contributed by atoms with Crippen molar-refractivity contribution in [1.82, 2.24) is 14.5 Å². The van der Waals surface area contributed by atoms with Gasteiger partial charge in [0.1, 0.15) is 5.82 Å². The summed E-state index contributed by atoms with van der Waals surface area (Å²) in [6.45, 7) is 5.30. The summed E-state index contributed by atoms with van der Waals surface area (Å²) in [7, 11) is 0. The Hall–Kier alpha value is -2.13. The molecule has 2 aromatic carbocycles. The van der Waals surface area contributed by atoms with Crippen molar-refractivity contribution in [2.24, 2.45) is 0 Å². The van der Waals surface area contributed by atoms with Gasteiger partial charge in [0.05, 0.1) is 17.6 Å². The molecule has 0 saturated carbocycles. The lowest BCUT2D eigenvalue weighted by Gasteiger charge is -2.33. The van der Waals surface area contributed by atoms with Gasteiger partial charge < -0.3 is 4.57 Å². The van der Waals surface area contributed by atoms with E-state index in [2.05, 4.69) is 71.0 Å². The maximum absolute atomic E-state index is 4.80. The lowest BCUT2D eigenvalue weighted by atomic mass is 10.1. The molecular weight excluding hydrogens is 258 g/mol. The molecule has 0 N–H and O–H groups in total. The van der Waals surface area contributed by atoms with Crippen LogP contribution in [0.4, 0.5) is 0 Å². The van der Waals surface area contributed by atoms with E-state index in [0.29, 0.717) is 6.04 Å². The van der Waals surface area contributed by atoms with Gasteiger partial charge in [-0.2, -0.15) is 0 Å². The predicted molar refractivity (Wildman–Crippen MR) is 85.0 cm³/mol. The van der Waals surface area contributed by atoms with Crippen molar-refractivity contribution in [3.63, 3.8) is 0 Å². The molecule has 106 valence electrons. The van der Waals surface area contributed by atoms with Gasteiger partial charge in [0.2, 0.25) is 0 Å². The Kier molecular flexibility index (Phi) is 3.00. The number of rotatable bonds is 2. The van der Waals surface area contributed by atoms with E-state index in [0.717, 1.165) is 25.2 Å². The van der Waals surface area contributed by atoms with Gasteiger partial charge >= 0.3 is 0 Å². The summed E-state index contributed by atoms with van der Waals surface area (Å²) in [6.07, 6.45) is 0. The standard InChI is InChI=1S/C18H19N3/c1-14(15-7-3-2-4-8-15)20-11-12-21-17-10-6-5-9-16(17)19-18(21)13-20/h2-10,14H,11-13H2,1H3/t14-/m0/s1. The van der Waals surface area contributed by atoms with Crippen molar-refractivity contribution in [1.29, 1.82) is 0 Å². The van der Waals surface area contributed by atoms with Crippen molar-refractivity contribution < 1.29 is 0 Å². The Balaban J connectivity index is 1.65. The fourth-order valence-electron chi connectivity index (χ4n) is 3.26. The number of fused-ring (bicyclic) bond motifs is 3. The van der Waals surface area contributed by atoms with Gasteiger partial charge in [-0.05, 0) is 24.6 Å². The first-order valence-electron chi connectivity index (χ1n) is 7.56. The molecule has 3 aromatic rings. The number of nitrogens with zero attached hydrogens (tertiary/aromatic N) is 3. The monoisotopic (exact) mass is 277 g/mol. The average Bonchev–Trinajstić information content (AvgIpc) is 2.92. The molecule has 1 aliphatic rings. The average molecular weight is 277 g/mol. The number of hydrogen-bond acceptors (Lipinski definition) is 2. The normalized spacial score (nSPS) is 16.8. The fraction of sp³-hybridized carbons (Fsp3) is 0.278. The Labute approximate surface area is 124 Å². The van der Waals surface area contributed by atoms with Crippen molar-refractivity contribution in [2.75, 3.05) is 6.54 Å². The molecule has 1 atom stereocenters. The third-order valence-electron chi connectivity index (χ3n) is 4.52. The first-order chi connectivity index (χ1) is 10.3. The molecule has 21 heavy (non-hydrogen) atoms. The van der Waals surface area contributed by atoms with Gasteiger partial charge in [0.25, 0.3) is 0 Å². The van der Waals surface area contributed by atoms with Crippen molar-refractivity contribution in [3.05, 3.63) is 66.0 Å². The maximum atomic E-state index is 4.80. The molecule has 0 fully saturated rings. The van der Waals surface area contributed by atoms with Gasteiger partial charge in [-0.3, -0.25) is 4.90 Å². The molecule has 4 rings (SSSR count). The summed E-state index contributed by atoms with van der Waals surface area (Å²) in [6, 6.07) is 19.6. The number of hydrogen-bond donors (Lipinski definition) is 0. The molecule has 0 saturated heterocycles. The second kappa shape index (κ2) is 5.01. The van der Waals surface area contributed by atoms with E-state index in [-0.39, 0.29) is 0 Å². The Morgan fingerprint density at radius 1 is 0.952 bits per heavy atom. The zero-order chi connectivity index (χ0) is 14.2. The third-order valence-corrected chi connectivity index (χ3v) is 4.52. The molecule has 0 unspecified atom stereocenters. The molecule has 1 aliphatic heterocycles. The molecule has 0 spiro atoms. The molecule has 0 radical (unpaired) electrons. The van der Waals surface area contributed by atoms with Crippen molar-refractivity contribution in [2.45, 2.75) is 26.1 Å². The van der Waals surface area contributed by atoms with E-state index in [1.54, 1.807) is 0 Å². The molecule has 1 aromatic heterocycles. The predicted octanol–water partition coefficient (Wildman–Crippen LogP) is 3.61. The maximum Gasteiger partial charge on any atom is 0.124 e. The molecule has 2 heterocycles. The van der Waals surface area contributed by atoms with Gasteiger partial charge in [-0.25, -0.2) is 4.98 Å². The number of aromatic nitrogens is 2. The zero-order valence-electron chi connectivity index (χ0n) is 12.2. The highest BCUT2D eigenvalue weighted by Gasteiger charge is 2.23. The van der Waals surface area contributed by atoms with Crippen LogP contribution in [0, 0.1) is 0 Å². The van der Waals surface area contributed by atoms with Crippen LogP contribution in [-0.4, -0.2) is 21.0 Å². The highest BCUT2D eigenvalue weighted by Crippen LogP contribution is 2.27. The van der Waals surface area contributed by atoms with Crippen molar-refractivity contribution in [3.8, 4) is 0 Å². The zero-order valence-corrected chi connectivity index (χ0v) is 12.2. The van der Waals surface area contributed by atoms with Crippen LogP contribution in [0.25, 0.3) is 11.0 Å². The third kappa shape index (κ3) is 2.14. The van der Waals surface area contributed by atoms with E-state index in [9.17, 15) is 0 Å². The van der Waals surface area contributed by atoms with E-state index in [4.69, 9.17) is 4.98 Å². The van der Waals surface area contributed by atoms with Crippen LogP contribution in [0.1, 0.15) is 24.4 Å². The molecule has 0 amide bonds. The summed E-state index contributed by atoms with van der Waals surface area (Å²) >= 11 is 0.